The van der Waals surface area contributed by atoms with Crippen molar-refractivity contribution in [1.29, 1.82) is 0 Å². The fourth-order valence-corrected chi connectivity index (χ4v) is 2.36. The minimum absolute atomic E-state index is 0.169. The van der Waals surface area contributed by atoms with Crippen LogP contribution >= 0.6 is 0 Å². The standard InChI is InChI=1S/C16H27N3O2/c1-4-8-16(17-11-5-6-12-18(2)3)14-9-7-10-15(13-14)19(20)21/h7,9-10,13,16-17H,4-6,8,11-12H2,1-3H3. The van der Waals surface area contributed by atoms with E-state index in [2.05, 4.69) is 31.2 Å². The van der Waals surface area contributed by atoms with E-state index in [0.717, 1.165) is 44.3 Å². The second-order valence-corrected chi connectivity index (χ2v) is 5.66. The summed E-state index contributed by atoms with van der Waals surface area (Å²) < 4.78 is 0. The van der Waals surface area contributed by atoms with Crippen LogP contribution in [0.1, 0.15) is 44.2 Å². The van der Waals surface area contributed by atoms with Gasteiger partial charge in [-0.3, -0.25) is 10.1 Å². The Bertz CT molecular complexity index is 435. The largest absolute Gasteiger partial charge is 0.310 e. The van der Waals surface area contributed by atoms with Gasteiger partial charge in [-0.25, -0.2) is 0 Å². The Morgan fingerprint density at radius 1 is 1.33 bits per heavy atom. The monoisotopic (exact) mass is 293 g/mol. The number of hydrogen-bond acceptors (Lipinski definition) is 4. The highest BCUT2D eigenvalue weighted by atomic mass is 16.6. The van der Waals surface area contributed by atoms with Crippen molar-refractivity contribution in [2.75, 3.05) is 27.2 Å². The lowest BCUT2D eigenvalue weighted by molar-refractivity contribution is -0.384. The van der Waals surface area contributed by atoms with Crippen molar-refractivity contribution in [3.63, 3.8) is 0 Å². The maximum atomic E-state index is 10.9. The van der Waals surface area contributed by atoms with Crippen molar-refractivity contribution in [3.8, 4) is 0 Å². The summed E-state index contributed by atoms with van der Waals surface area (Å²) in [5, 5.41) is 14.4. The summed E-state index contributed by atoms with van der Waals surface area (Å²) in [6.07, 6.45) is 4.33. The molecule has 0 aliphatic rings. The average Bonchev–Trinajstić information content (AvgIpc) is 2.45. The summed E-state index contributed by atoms with van der Waals surface area (Å²) in [7, 11) is 4.16. The second-order valence-electron chi connectivity index (χ2n) is 5.66. The van der Waals surface area contributed by atoms with Crippen molar-refractivity contribution in [2.24, 2.45) is 0 Å². The lowest BCUT2D eigenvalue weighted by Crippen LogP contribution is -2.23. The summed E-state index contributed by atoms with van der Waals surface area (Å²) in [6.45, 7) is 4.18. The van der Waals surface area contributed by atoms with Gasteiger partial charge in [-0.2, -0.15) is 0 Å². The van der Waals surface area contributed by atoms with Gasteiger partial charge >= 0.3 is 0 Å². The Morgan fingerprint density at radius 3 is 2.71 bits per heavy atom. The topological polar surface area (TPSA) is 58.4 Å². The summed E-state index contributed by atoms with van der Waals surface area (Å²) >= 11 is 0. The number of rotatable bonds is 10. The van der Waals surface area contributed by atoms with Crippen LogP contribution in [-0.2, 0) is 0 Å². The zero-order valence-electron chi connectivity index (χ0n) is 13.3. The molecule has 1 aromatic carbocycles. The number of unbranched alkanes of at least 4 members (excludes halogenated alkanes) is 1. The molecule has 5 heteroatoms. The number of benzene rings is 1. The Hall–Kier alpha value is -1.46. The number of hydrogen-bond donors (Lipinski definition) is 1. The molecule has 1 N–H and O–H groups in total. The zero-order valence-corrected chi connectivity index (χ0v) is 13.3. The maximum absolute atomic E-state index is 10.9. The van der Waals surface area contributed by atoms with Gasteiger partial charge in [0, 0.05) is 18.2 Å². The highest BCUT2D eigenvalue weighted by Crippen LogP contribution is 2.22. The first-order valence-electron chi connectivity index (χ1n) is 7.67. The normalized spacial score (nSPS) is 12.6. The predicted octanol–water partition coefficient (Wildman–Crippen LogP) is 3.37. The van der Waals surface area contributed by atoms with Gasteiger partial charge in [0.15, 0.2) is 0 Å². The fraction of sp³-hybridized carbons (Fsp3) is 0.625. The SMILES string of the molecule is CCCC(NCCCCN(C)C)c1cccc([N+](=O)[O-])c1. The molecule has 0 heterocycles. The molecule has 5 nitrogen and oxygen atoms in total. The van der Waals surface area contributed by atoms with E-state index in [1.807, 2.05) is 6.07 Å². The molecule has 0 aliphatic carbocycles. The van der Waals surface area contributed by atoms with Gasteiger partial charge in [-0.05, 0) is 52.0 Å². The van der Waals surface area contributed by atoms with Crippen LogP contribution in [0.4, 0.5) is 5.69 Å². The van der Waals surface area contributed by atoms with Crippen molar-refractivity contribution < 1.29 is 4.92 Å². The number of nitrogens with one attached hydrogen (secondary N) is 1. The first-order chi connectivity index (χ1) is 10.0. The second kappa shape index (κ2) is 9.47. The minimum atomic E-state index is -0.330. The molecule has 21 heavy (non-hydrogen) atoms. The highest BCUT2D eigenvalue weighted by molar-refractivity contribution is 5.35. The Balaban J connectivity index is 2.56. The molecule has 1 aromatic rings. The van der Waals surface area contributed by atoms with Gasteiger partial charge in [0.2, 0.25) is 0 Å². The molecule has 118 valence electrons. The number of nitrogens with zero attached hydrogens (tertiary/aromatic N) is 2. The smallest absolute Gasteiger partial charge is 0.269 e. The molecule has 1 atom stereocenters. The van der Waals surface area contributed by atoms with E-state index in [-0.39, 0.29) is 16.7 Å². The molecule has 0 aliphatic heterocycles. The molecule has 0 bridgehead atoms. The molecule has 0 amide bonds. The van der Waals surface area contributed by atoms with E-state index in [4.69, 9.17) is 0 Å². The molecule has 0 radical (unpaired) electrons. The number of non-ortho nitro benzene ring substituents is 1. The van der Waals surface area contributed by atoms with Crippen LogP contribution in [-0.4, -0.2) is 37.0 Å². The first-order valence-corrected chi connectivity index (χ1v) is 7.67. The van der Waals surface area contributed by atoms with E-state index in [0.29, 0.717) is 0 Å². The average molecular weight is 293 g/mol. The highest BCUT2D eigenvalue weighted by Gasteiger charge is 2.13. The Morgan fingerprint density at radius 2 is 2.10 bits per heavy atom. The van der Waals surface area contributed by atoms with E-state index in [1.165, 1.54) is 0 Å². The molecular formula is C16H27N3O2. The van der Waals surface area contributed by atoms with Gasteiger partial charge in [0.25, 0.3) is 5.69 Å². The third kappa shape index (κ3) is 6.69. The van der Waals surface area contributed by atoms with Crippen LogP contribution < -0.4 is 5.32 Å². The van der Waals surface area contributed by atoms with E-state index in [9.17, 15) is 10.1 Å². The van der Waals surface area contributed by atoms with Gasteiger partial charge < -0.3 is 10.2 Å². The van der Waals surface area contributed by atoms with Crippen molar-refractivity contribution >= 4 is 5.69 Å². The van der Waals surface area contributed by atoms with Crippen LogP contribution in [0.5, 0.6) is 0 Å². The van der Waals surface area contributed by atoms with Gasteiger partial charge in [-0.15, -0.1) is 0 Å². The molecule has 0 saturated heterocycles. The number of nitro benzene ring substituents is 1. The minimum Gasteiger partial charge on any atom is -0.310 e. The van der Waals surface area contributed by atoms with Gasteiger partial charge in [0.1, 0.15) is 0 Å². The molecule has 0 aromatic heterocycles. The first kappa shape index (κ1) is 17.6. The third-order valence-corrected chi connectivity index (χ3v) is 3.48. The fourth-order valence-electron chi connectivity index (χ4n) is 2.36. The molecule has 0 fully saturated rings. The lowest BCUT2D eigenvalue weighted by Gasteiger charge is -2.19. The van der Waals surface area contributed by atoms with Crippen molar-refractivity contribution in [3.05, 3.63) is 39.9 Å². The van der Waals surface area contributed by atoms with Crippen LogP contribution in [0.25, 0.3) is 0 Å². The molecular weight excluding hydrogens is 266 g/mol. The predicted molar refractivity (Wildman–Crippen MR) is 86.5 cm³/mol. The summed E-state index contributed by atoms with van der Waals surface area (Å²) in [6, 6.07) is 7.18. The van der Waals surface area contributed by atoms with E-state index >= 15 is 0 Å². The van der Waals surface area contributed by atoms with Crippen LogP contribution in [0.2, 0.25) is 0 Å². The quantitative estimate of drug-likeness (QED) is 0.408. The molecule has 1 rings (SSSR count). The van der Waals surface area contributed by atoms with Crippen molar-refractivity contribution in [1.82, 2.24) is 10.2 Å². The van der Waals surface area contributed by atoms with E-state index < -0.39 is 0 Å². The molecule has 0 spiro atoms. The lowest BCUT2D eigenvalue weighted by atomic mass is 10.0. The van der Waals surface area contributed by atoms with Crippen molar-refractivity contribution in [2.45, 2.75) is 38.6 Å². The summed E-state index contributed by atoms with van der Waals surface area (Å²) in [5.41, 5.74) is 1.18. The zero-order chi connectivity index (χ0) is 15.7. The van der Waals surface area contributed by atoms with E-state index in [1.54, 1.807) is 18.2 Å². The van der Waals surface area contributed by atoms with Crippen LogP contribution in [0.3, 0.4) is 0 Å². The molecule has 0 saturated carbocycles. The van der Waals surface area contributed by atoms with Gasteiger partial charge in [-0.1, -0.05) is 25.5 Å². The Kier molecular flexibility index (Phi) is 7.93. The van der Waals surface area contributed by atoms with Crippen LogP contribution in [0.15, 0.2) is 24.3 Å². The van der Waals surface area contributed by atoms with Crippen LogP contribution in [0, 0.1) is 10.1 Å². The van der Waals surface area contributed by atoms with Gasteiger partial charge in [0.05, 0.1) is 4.92 Å². The summed E-state index contributed by atoms with van der Waals surface area (Å²) in [4.78, 5) is 12.7. The summed E-state index contributed by atoms with van der Waals surface area (Å²) in [5.74, 6) is 0. The molecule has 1 unspecified atom stereocenters. The maximum Gasteiger partial charge on any atom is 0.269 e. The third-order valence-electron chi connectivity index (χ3n) is 3.48. The Labute approximate surface area is 127 Å². The number of nitro groups is 1.